The number of aromatic nitrogens is 2. The van der Waals surface area contributed by atoms with Crippen LogP contribution >= 0.6 is 12.2 Å². The first-order valence-corrected chi connectivity index (χ1v) is 11.0. The van der Waals surface area contributed by atoms with Crippen molar-refractivity contribution in [1.29, 1.82) is 0 Å². The van der Waals surface area contributed by atoms with Crippen molar-refractivity contribution in [2.45, 2.75) is 39.1 Å². The third-order valence-electron chi connectivity index (χ3n) is 4.56. The maximum atomic E-state index is 13.7. The fourth-order valence-corrected chi connectivity index (χ4v) is 5.01. The number of hydrogen-bond acceptors (Lipinski definition) is 7. The Balaban J connectivity index is 1.72. The summed E-state index contributed by atoms with van der Waals surface area (Å²) in [6.45, 7) is 4.63. The average molecular weight is 416 g/mol. The summed E-state index contributed by atoms with van der Waals surface area (Å²) >= 11 is 5.23. The van der Waals surface area contributed by atoms with Gasteiger partial charge in [-0.05, 0) is 44.2 Å². The normalized spacial score (nSPS) is 20.1. The van der Waals surface area contributed by atoms with Gasteiger partial charge in [0.05, 0.1) is 18.2 Å². The molecule has 1 saturated heterocycles. The van der Waals surface area contributed by atoms with E-state index in [9.17, 15) is 12.8 Å². The van der Waals surface area contributed by atoms with Crippen molar-refractivity contribution in [3.8, 4) is 5.75 Å². The molecule has 0 radical (unpaired) electrons. The predicted molar refractivity (Wildman–Crippen MR) is 100 cm³/mol. The van der Waals surface area contributed by atoms with Crippen LogP contribution in [0.1, 0.15) is 32.3 Å². The van der Waals surface area contributed by atoms with Gasteiger partial charge in [-0.2, -0.15) is 0 Å². The van der Waals surface area contributed by atoms with Crippen molar-refractivity contribution < 1.29 is 22.0 Å². The van der Waals surface area contributed by atoms with Crippen LogP contribution in [0.2, 0.25) is 0 Å². The molecule has 0 aliphatic carbocycles. The SMILES string of the molecule is CCN(Cn1nc([C@H](C)Oc2ccccc2F)oc1=S)[C@@H]1CCS(=O)(=O)C1. The van der Waals surface area contributed by atoms with E-state index in [2.05, 4.69) is 5.10 Å². The molecule has 0 saturated carbocycles. The zero-order chi connectivity index (χ0) is 19.6. The Kier molecular flexibility index (Phi) is 5.97. The van der Waals surface area contributed by atoms with Crippen LogP contribution in [0.25, 0.3) is 0 Å². The van der Waals surface area contributed by atoms with Gasteiger partial charge in [-0.3, -0.25) is 4.90 Å². The van der Waals surface area contributed by atoms with Crippen molar-refractivity contribution >= 4 is 22.1 Å². The molecule has 0 amide bonds. The molecular weight excluding hydrogens is 393 g/mol. The summed E-state index contributed by atoms with van der Waals surface area (Å²) in [6, 6.07) is 6.03. The largest absolute Gasteiger partial charge is 0.478 e. The monoisotopic (exact) mass is 415 g/mol. The molecular formula is C17H22FN3O4S2. The molecule has 1 aliphatic heterocycles. The summed E-state index contributed by atoms with van der Waals surface area (Å²) in [5.74, 6) is 0.218. The number of halogens is 1. The van der Waals surface area contributed by atoms with E-state index in [4.69, 9.17) is 21.4 Å². The lowest BCUT2D eigenvalue weighted by molar-refractivity contribution is 0.161. The lowest BCUT2D eigenvalue weighted by Gasteiger charge is -2.25. The van der Waals surface area contributed by atoms with E-state index in [0.29, 0.717) is 19.6 Å². The molecule has 0 unspecified atom stereocenters. The molecule has 1 fully saturated rings. The second-order valence-corrected chi connectivity index (χ2v) is 9.08. The predicted octanol–water partition coefficient (Wildman–Crippen LogP) is 2.95. The van der Waals surface area contributed by atoms with Crippen molar-refractivity contribution in [2.75, 3.05) is 18.1 Å². The van der Waals surface area contributed by atoms with Crippen LogP contribution in [0.4, 0.5) is 4.39 Å². The van der Waals surface area contributed by atoms with Crippen LogP contribution in [0.15, 0.2) is 28.7 Å². The molecule has 1 aliphatic rings. The minimum Gasteiger partial charge on any atom is -0.478 e. The maximum Gasteiger partial charge on any atom is 0.288 e. The van der Waals surface area contributed by atoms with Gasteiger partial charge in [-0.15, -0.1) is 5.10 Å². The van der Waals surface area contributed by atoms with Crippen molar-refractivity contribution in [3.05, 3.63) is 40.8 Å². The lowest BCUT2D eigenvalue weighted by Crippen LogP contribution is -2.37. The Morgan fingerprint density at radius 1 is 1.48 bits per heavy atom. The van der Waals surface area contributed by atoms with E-state index in [1.54, 1.807) is 19.1 Å². The maximum absolute atomic E-state index is 13.7. The third-order valence-corrected chi connectivity index (χ3v) is 6.60. The van der Waals surface area contributed by atoms with Crippen LogP contribution < -0.4 is 4.74 Å². The molecule has 1 aromatic carbocycles. The van der Waals surface area contributed by atoms with Crippen LogP contribution in [-0.4, -0.2) is 47.2 Å². The van der Waals surface area contributed by atoms with Gasteiger partial charge < -0.3 is 9.15 Å². The third kappa shape index (κ3) is 4.74. The van der Waals surface area contributed by atoms with E-state index in [0.717, 1.165) is 0 Å². The highest BCUT2D eigenvalue weighted by atomic mass is 32.2. The fourth-order valence-electron chi connectivity index (χ4n) is 3.07. The molecule has 7 nitrogen and oxygen atoms in total. The molecule has 0 spiro atoms. The molecule has 1 aromatic heterocycles. The summed E-state index contributed by atoms with van der Waals surface area (Å²) in [5.41, 5.74) is 0. The summed E-state index contributed by atoms with van der Waals surface area (Å²) in [4.78, 5) is 2.17. The second-order valence-electron chi connectivity index (χ2n) is 6.50. The molecule has 10 heteroatoms. The molecule has 2 atom stereocenters. The van der Waals surface area contributed by atoms with Crippen molar-refractivity contribution in [1.82, 2.24) is 14.7 Å². The first kappa shape index (κ1) is 20.0. The number of sulfone groups is 1. The first-order chi connectivity index (χ1) is 12.8. The Morgan fingerprint density at radius 2 is 2.22 bits per heavy atom. The summed E-state index contributed by atoms with van der Waals surface area (Å²) in [6.07, 6.45) is -0.0344. The minimum absolute atomic E-state index is 0.0610. The van der Waals surface area contributed by atoms with Gasteiger partial charge in [0.1, 0.15) is 0 Å². The van der Waals surface area contributed by atoms with Gasteiger partial charge in [0.25, 0.3) is 10.7 Å². The number of nitrogens with zero attached hydrogens (tertiary/aromatic N) is 3. The molecule has 148 valence electrons. The number of ether oxygens (including phenoxy) is 1. The van der Waals surface area contributed by atoms with Crippen LogP contribution in [-0.2, 0) is 16.5 Å². The molecule has 2 aromatic rings. The van der Waals surface area contributed by atoms with Gasteiger partial charge in [-0.25, -0.2) is 17.5 Å². The Hall–Kier alpha value is -1.78. The number of benzene rings is 1. The second kappa shape index (κ2) is 8.07. The van der Waals surface area contributed by atoms with Gasteiger partial charge >= 0.3 is 0 Å². The zero-order valence-corrected chi connectivity index (χ0v) is 16.8. The van der Waals surface area contributed by atoms with Crippen LogP contribution in [0, 0.1) is 10.7 Å². The van der Waals surface area contributed by atoms with Crippen molar-refractivity contribution in [3.63, 3.8) is 0 Å². The molecule has 0 N–H and O–H groups in total. The summed E-state index contributed by atoms with van der Waals surface area (Å²) in [5, 5.41) is 4.34. The number of rotatable bonds is 7. The molecule has 0 bridgehead atoms. The van der Waals surface area contributed by atoms with Gasteiger partial charge in [0.2, 0.25) is 0 Å². The van der Waals surface area contributed by atoms with Gasteiger partial charge in [-0.1, -0.05) is 19.1 Å². The Morgan fingerprint density at radius 3 is 2.85 bits per heavy atom. The lowest BCUT2D eigenvalue weighted by atomic mass is 10.2. The smallest absolute Gasteiger partial charge is 0.288 e. The van der Waals surface area contributed by atoms with Crippen molar-refractivity contribution in [2.24, 2.45) is 0 Å². The Bertz CT molecular complexity index is 957. The van der Waals surface area contributed by atoms with Gasteiger partial charge in [0.15, 0.2) is 27.5 Å². The quantitative estimate of drug-likeness (QED) is 0.644. The molecule has 3 rings (SSSR count). The topological polar surface area (TPSA) is 77.6 Å². The summed E-state index contributed by atoms with van der Waals surface area (Å²) in [7, 11) is -2.98. The highest BCUT2D eigenvalue weighted by molar-refractivity contribution is 7.91. The molecule has 2 heterocycles. The standard InChI is InChI=1S/C17H22FN3O4S2/c1-3-20(13-8-9-27(22,23)10-13)11-21-17(26)25-16(19-21)12(2)24-15-7-5-4-6-14(15)18/h4-7,12-13H,3,8-11H2,1-2H3/t12-,13+/m0/s1. The van der Waals surface area contributed by atoms with E-state index in [1.807, 2.05) is 11.8 Å². The van der Waals surface area contributed by atoms with Gasteiger partial charge in [0, 0.05) is 6.04 Å². The highest BCUT2D eigenvalue weighted by Crippen LogP contribution is 2.24. The van der Waals surface area contributed by atoms with Crippen LogP contribution in [0.3, 0.4) is 0 Å². The fraction of sp³-hybridized carbons (Fsp3) is 0.529. The zero-order valence-electron chi connectivity index (χ0n) is 15.2. The van der Waals surface area contributed by atoms with E-state index < -0.39 is 21.8 Å². The first-order valence-electron chi connectivity index (χ1n) is 8.72. The Labute approximate surface area is 162 Å². The number of hydrogen-bond donors (Lipinski definition) is 0. The highest BCUT2D eigenvalue weighted by Gasteiger charge is 2.32. The average Bonchev–Trinajstić information content (AvgIpc) is 3.17. The van der Waals surface area contributed by atoms with E-state index in [1.165, 1.54) is 16.8 Å². The van der Waals surface area contributed by atoms with Crippen LogP contribution in [0.5, 0.6) is 5.75 Å². The number of para-hydroxylation sites is 1. The summed E-state index contributed by atoms with van der Waals surface area (Å²) < 4.78 is 49.8. The van der Waals surface area contributed by atoms with E-state index >= 15 is 0 Å². The molecule has 27 heavy (non-hydrogen) atoms. The van der Waals surface area contributed by atoms with E-state index in [-0.39, 0.29) is 34.0 Å². The minimum atomic E-state index is -2.98.